The predicted octanol–water partition coefficient (Wildman–Crippen LogP) is 4.16. The Morgan fingerprint density at radius 2 is 1.89 bits per heavy atom. The van der Waals surface area contributed by atoms with Gasteiger partial charge >= 0.3 is 11.5 Å². The summed E-state index contributed by atoms with van der Waals surface area (Å²) < 4.78 is 12.5. The third-order valence-electron chi connectivity index (χ3n) is 3.64. The van der Waals surface area contributed by atoms with Crippen molar-refractivity contribution >= 4 is 27.5 Å². The number of methoxy groups -OCH3 is 1. The van der Waals surface area contributed by atoms with Crippen LogP contribution < -0.4 is 10.3 Å². The molecular formula is C20H21BrN2O4. The molecule has 7 heteroatoms. The van der Waals surface area contributed by atoms with Crippen LogP contribution in [0.1, 0.15) is 35.5 Å². The number of aromatic nitrogens is 2. The number of benzene rings is 1. The maximum atomic E-state index is 12.9. The van der Waals surface area contributed by atoms with E-state index in [2.05, 4.69) is 20.9 Å². The van der Waals surface area contributed by atoms with E-state index in [9.17, 15) is 9.59 Å². The highest BCUT2D eigenvalue weighted by molar-refractivity contribution is 9.10. The van der Waals surface area contributed by atoms with Gasteiger partial charge in [0.05, 0.1) is 7.11 Å². The summed E-state index contributed by atoms with van der Waals surface area (Å²) in [6.45, 7) is 5.94. The van der Waals surface area contributed by atoms with Crippen LogP contribution in [0.25, 0.3) is 5.65 Å². The first-order valence-corrected chi connectivity index (χ1v) is 9.28. The molecule has 0 N–H and O–H groups in total. The standard InChI is InChI=1S/C18H15BrN2O4.C2H6/c1-11-8-13(19)9-21-16(11)20-14(18(23)24-2)15(17(21)22)25-10-12-6-4-3-5-7-12;1-2/h3-9H,10H2,1-2H3;1-2H3. The number of ether oxygens (including phenoxy) is 2. The Bertz CT molecular complexity index is 1000. The fourth-order valence-electron chi connectivity index (χ4n) is 2.44. The zero-order valence-corrected chi connectivity index (χ0v) is 17.2. The van der Waals surface area contributed by atoms with Crippen molar-refractivity contribution in [3.63, 3.8) is 0 Å². The Hall–Kier alpha value is -2.67. The molecule has 0 aliphatic carbocycles. The van der Waals surface area contributed by atoms with Gasteiger partial charge in [0.2, 0.25) is 5.75 Å². The number of rotatable bonds is 4. The highest BCUT2D eigenvalue weighted by Gasteiger charge is 2.22. The summed E-state index contributed by atoms with van der Waals surface area (Å²) in [6, 6.07) is 11.2. The molecule has 142 valence electrons. The van der Waals surface area contributed by atoms with Crippen LogP contribution in [0.2, 0.25) is 0 Å². The highest BCUT2D eigenvalue weighted by atomic mass is 79.9. The minimum atomic E-state index is -0.718. The summed E-state index contributed by atoms with van der Waals surface area (Å²) in [7, 11) is 1.24. The molecule has 0 saturated carbocycles. The van der Waals surface area contributed by atoms with E-state index in [1.807, 2.05) is 50.2 Å². The average molecular weight is 433 g/mol. The van der Waals surface area contributed by atoms with Gasteiger partial charge in [-0.3, -0.25) is 9.20 Å². The number of aryl methyl sites for hydroxylation is 1. The molecule has 0 atom stereocenters. The van der Waals surface area contributed by atoms with E-state index in [1.165, 1.54) is 11.5 Å². The Morgan fingerprint density at radius 3 is 2.52 bits per heavy atom. The van der Waals surface area contributed by atoms with Gasteiger partial charge in [-0.1, -0.05) is 44.2 Å². The van der Waals surface area contributed by atoms with Gasteiger partial charge in [0.15, 0.2) is 5.69 Å². The molecule has 1 aromatic carbocycles. The molecule has 3 rings (SSSR count). The average Bonchev–Trinajstić information content (AvgIpc) is 2.69. The predicted molar refractivity (Wildman–Crippen MR) is 107 cm³/mol. The molecule has 0 spiro atoms. The topological polar surface area (TPSA) is 69.9 Å². The first kappa shape index (κ1) is 20.6. The van der Waals surface area contributed by atoms with Gasteiger partial charge in [-0.15, -0.1) is 0 Å². The molecule has 3 aromatic rings. The summed E-state index contributed by atoms with van der Waals surface area (Å²) in [5.41, 5.74) is 1.39. The quantitative estimate of drug-likeness (QED) is 0.578. The first-order chi connectivity index (χ1) is 13.0. The van der Waals surface area contributed by atoms with Crippen LogP contribution >= 0.6 is 15.9 Å². The lowest BCUT2D eigenvalue weighted by Gasteiger charge is -2.12. The molecule has 0 radical (unpaired) electrons. The molecule has 2 heterocycles. The fraction of sp³-hybridized carbons (Fsp3) is 0.250. The first-order valence-electron chi connectivity index (χ1n) is 8.49. The van der Waals surface area contributed by atoms with Crippen molar-refractivity contribution < 1.29 is 14.3 Å². The molecule has 0 fully saturated rings. The van der Waals surface area contributed by atoms with Crippen LogP contribution in [0.4, 0.5) is 0 Å². The van der Waals surface area contributed by atoms with Crippen molar-refractivity contribution in [2.24, 2.45) is 0 Å². The van der Waals surface area contributed by atoms with Crippen LogP contribution in [0.15, 0.2) is 51.9 Å². The second kappa shape index (κ2) is 9.32. The van der Waals surface area contributed by atoms with Gasteiger partial charge in [-0.25, -0.2) is 9.78 Å². The number of carbonyl (C=O) groups is 1. The molecule has 0 unspecified atom stereocenters. The molecular weight excluding hydrogens is 412 g/mol. The van der Waals surface area contributed by atoms with E-state index >= 15 is 0 Å². The minimum absolute atomic E-state index is 0.131. The maximum Gasteiger partial charge on any atom is 0.360 e. The van der Waals surface area contributed by atoms with Gasteiger partial charge in [-0.05, 0) is 40.0 Å². The monoisotopic (exact) mass is 432 g/mol. The third kappa shape index (κ3) is 4.54. The largest absolute Gasteiger partial charge is 0.481 e. The second-order valence-electron chi connectivity index (χ2n) is 5.40. The number of esters is 1. The zero-order valence-electron chi connectivity index (χ0n) is 15.7. The number of carbonyl (C=O) groups excluding carboxylic acids is 1. The lowest BCUT2D eigenvalue weighted by molar-refractivity contribution is 0.0588. The number of pyridine rings is 1. The van der Waals surface area contributed by atoms with Gasteiger partial charge in [-0.2, -0.15) is 0 Å². The number of fused-ring (bicyclic) bond motifs is 1. The van der Waals surface area contributed by atoms with Gasteiger partial charge in [0.1, 0.15) is 12.3 Å². The van der Waals surface area contributed by atoms with Crippen LogP contribution in [0, 0.1) is 6.92 Å². The Balaban J connectivity index is 0.00000126. The zero-order chi connectivity index (χ0) is 20.0. The smallest absolute Gasteiger partial charge is 0.360 e. The van der Waals surface area contributed by atoms with Gasteiger partial charge in [0.25, 0.3) is 0 Å². The van der Waals surface area contributed by atoms with Crippen molar-refractivity contribution in [2.45, 2.75) is 27.4 Å². The van der Waals surface area contributed by atoms with Gasteiger partial charge in [0, 0.05) is 10.7 Å². The van der Waals surface area contributed by atoms with E-state index in [1.54, 1.807) is 13.1 Å². The van der Waals surface area contributed by atoms with Crippen molar-refractivity contribution in [1.82, 2.24) is 9.38 Å². The molecule has 0 bridgehead atoms. The van der Waals surface area contributed by atoms with Crippen molar-refractivity contribution in [3.05, 3.63) is 74.2 Å². The van der Waals surface area contributed by atoms with E-state index in [0.29, 0.717) is 5.65 Å². The fourth-order valence-corrected chi connectivity index (χ4v) is 2.99. The minimum Gasteiger partial charge on any atom is -0.481 e. The van der Waals surface area contributed by atoms with Crippen LogP contribution in [0.5, 0.6) is 5.75 Å². The number of hydrogen-bond acceptors (Lipinski definition) is 5. The van der Waals surface area contributed by atoms with Gasteiger partial charge < -0.3 is 9.47 Å². The SMILES string of the molecule is CC.COC(=O)c1nc2c(C)cc(Br)cn2c(=O)c1OCc1ccccc1. The molecule has 0 aliphatic rings. The summed E-state index contributed by atoms with van der Waals surface area (Å²) in [5.74, 6) is -0.851. The van der Waals surface area contributed by atoms with Crippen molar-refractivity contribution in [3.8, 4) is 5.75 Å². The number of nitrogens with zero attached hydrogens (tertiary/aromatic N) is 2. The number of hydrogen-bond donors (Lipinski definition) is 0. The van der Waals surface area contributed by atoms with Crippen LogP contribution in [0.3, 0.4) is 0 Å². The Morgan fingerprint density at radius 1 is 1.22 bits per heavy atom. The van der Waals surface area contributed by atoms with Crippen LogP contribution in [-0.4, -0.2) is 22.5 Å². The molecule has 0 saturated heterocycles. The Kier molecular flexibility index (Phi) is 7.12. The molecule has 2 aromatic heterocycles. The maximum absolute atomic E-state index is 12.9. The van der Waals surface area contributed by atoms with Crippen LogP contribution in [-0.2, 0) is 11.3 Å². The lowest BCUT2D eigenvalue weighted by atomic mass is 10.2. The molecule has 0 aliphatic heterocycles. The second-order valence-corrected chi connectivity index (χ2v) is 6.31. The highest BCUT2D eigenvalue weighted by Crippen LogP contribution is 2.20. The van der Waals surface area contributed by atoms with E-state index in [4.69, 9.17) is 9.47 Å². The summed E-state index contributed by atoms with van der Waals surface area (Å²) >= 11 is 3.36. The normalized spacial score (nSPS) is 10.1. The van der Waals surface area contributed by atoms with E-state index < -0.39 is 11.5 Å². The van der Waals surface area contributed by atoms with Crippen molar-refractivity contribution in [2.75, 3.05) is 7.11 Å². The van der Waals surface area contributed by atoms with Crippen molar-refractivity contribution in [1.29, 1.82) is 0 Å². The van der Waals surface area contributed by atoms with E-state index in [0.717, 1.165) is 15.6 Å². The molecule has 27 heavy (non-hydrogen) atoms. The number of halogens is 1. The Labute approximate surface area is 165 Å². The summed E-state index contributed by atoms with van der Waals surface area (Å²) in [4.78, 5) is 29.3. The molecule has 0 amide bonds. The van der Waals surface area contributed by atoms with E-state index in [-0.39, 0.29) is 18.1 Å². The third-order valence-corrected chi connectivity index (χ3v) is 4.07. The molecule has 6 nitrogen and oxygen atoms in total. The lowest BCUT2D eigenvalue weighted by Crippen LogP contribution is -2.23. The summed E-state index contributed by atoms with van der Waals surface area (Å²) in [5, 5.41) is 0. The summed E-state index contributed by atoms with van der Waals surface area (Å²) in [6.07, 6.45) is 1.59.